The Hall–Kier alpha value is -1.71. The van der Waals surface area contributed by atoms with Crippen LogP contribution in [0.1, 0.15) is 25.3 Å². The Balaban J connectivity index is 1.99. The number of rotatable bonds is 3. The third-order valence-corrected chi connectivity index (χ3v) is 2.51. The molecule has 0 atom stereocenters. The van der Waals surface area contributed by atoms with Gasteiger partial charge >= 0.3 is 6.16 Å². The van der Waals surface area contributed by atoms with E-state index in [0.717, 1.165) is 37.2 Å². The van der Waals surface area contributed by atoms with Gasteiger partial charge in [-0.25, -0.2) is 4.79 Å². The standard InChI is InChI=1S/C13H16O4/c1-2-7-16-13(14)17-11-6-5-10-4-3-8-15-12(10)9-11/h5-6,9H,2-4,7-8H2,1H3. The zero-order chi connectivity index (χ0) is 12.1. The monoisotopic (exact) mass is 236 g/mol. The van der Waals surface area contributed by atoms with Gasteiger partial charge in [-0.1, -0.05) is 13.0 Å². The second kappa shape index (κ2) is 5.57. The van der Waals surface area contributed by atoms with Crippen LogP contribution in [-0.2, 0) is 11.2 Å². The van der Waals surface area contributed by atoms with Crippen LogP contribution in [0.4, 0.5) is 4.79 Å². The molecule has 0 unspecified atom stereocenters. The lowest BCUT2D eigenvalue weighted by molar-refractivity contribution is 0.0990. The molecule has 0 amide bonds. The van der Waals surface area contributed by atoms with E-state index in [2.05, 4.69) is 0 Å². The quantitative estimate of drug-likeness (QED) is 0.598. The number of carbonyl (C=O) groups excluding carboxylic acids is 1. The number of ether oxygens (including phenoxy) is 3. The Bertz CT molecular complexity index is 400. The molecular weight excluding hydrogens is 220 g/mol. The minimum absolute atomic E-state index is 0.375. The van der Waals surface area contributed by atoms with Crippen LogP contribution in [0.3, 0.4) is 0 Å². The molecule has 0 saturated carbocycles. The third kappa shape index (κ3) is 3.12. The minimum Gasteiger partial charge on any atom is -0.493 e. The minimum atomic E-state index is -0.664. The number of benzene rings is 1. The van der Waals surface area contributed by atoms with Crippen LogP contribution in [0.2, 0.25) is 0 Å². The van der Waals surface area contributed by atoms with E-state index in [1.807, 2.05) is 13.0 Å². The van der Waals surface area contributed by atoms with E-state index in [1.165, 1.54) is 0 Å². The van der Waals surface area contributed by atoms with Crippen molar-refractivity contribution >= 4 is 6.16 Å². The zero-order valence-corrected chi connectivity index (χ0v) is 9.90. The number of carbonyl (C=O) groups is 1. The van der Waals surface area contributed by atoms with E-state index in [9.17, 15) is 4.79 Å². The molecule has 1 aliphatic rings. The van der Waals surface area contributed by atoms with E-state index in [4.69, 9.17) is 14.2 Å². The molecule has 0 aliphatic carbocycles. The maximum absolute atomic E-state index is 11.3. The van der Waals surface area contributed by atoms with E-state index in [1.54, 1.807) is 12.1 Å². The van der Waals surface area contributed by atoms with Crippen molar-refractivity contribution in [2.24, 2.45) is 0 Å². The van der Waals surface area contributed by atoms with E-state index in [0.29, 0.717) is 12.4 Å². The van der Waals surface area contributed by atoms with Crippen molar-refractivity contribution in [2.75, 3.05) is 13.2 Å². The van der Waals surface area contributed by atoms with Crippen molar-refractivity contribution in [2.45, 2.75) is 26.2 Å². The zero-order valence-electron chi connectivity index (χ0n) is 9.90. The highest BCUT2D eigenvalue weighted by Crippen LogP contribution is 2.29. The molecule has 1 aromatic rings. The van der Waals surface area contributed by atoms with Gasteiger partial charge in [0.25, 0.3) is 0 Å². The lowest BCUT2D eigenvalue weighted by Gasteiger charge is -2.17. The molecule has 0 saturated heterocycles. The molecule has 0 radical (unpaired) electrons. The average molecular weight is 236 g/mol. The number of aryl methyl sites for hydroxylation is 1. The van der Waals surface area contributed by atoms with Gasteiger partial charge in [-0.2, -0.15) is 0 Å². The topological polar surface area (TPSA) is 44.8 Å². The fourth-order valence-electron chi connectivity index (χ4n) is 1.70. The van der Waals surface area contributed by atoms with Crippen LogP contribution in [0.15, 0.2) is 18.2 Å². The summed E-state index contributed by atoms with van der Waals surface area (Å²) < 4.78 is 15.4. The highest BCUT2D eigenvalue weighted by molar-refractivity contribution is 5.64. The van der Waals surface area contributed by atoms with E-state index < -0.39 is 6.16 Å². The second-order valence-electron chi connectivity index (χ2n) is 3.92. The molecule has 0 spiro atoms. The molecule has 92 valence electrons. The molecule has 1 aromatic carbocycles. The number of hydrogen-bond acceptors (Lipinski definition) is 4. The first-order valence-corrected chi connectivity index (χ1v) is 5.90. The van der Waals surface area contributed by atoms with Crippen molar-refractivity contribution in [3.8, 4) is 11.5 Å². The Kier molecular flexibility index (Phi) is 3.85. The highest BCUT2D eigenvalue weighted by atomic mass is 16.7. The van der Waals surface area contributed by atoms with Gasteiger partial charge in [0.05, 0.1) is 13.2 Å². The largest absolute Gasteiger partial charge is 0.513 e. The van der Waals surface area contributed by atoms with Crippen LogP contribution in [0.5, 0.6) is 11.5 Å². The van der Waals surface area contributed by atoms with Gasteiger partial charge in [0.1, 0.15) is 11.5 Å². The van der Waals surface area contributed by atoms with Crippen LogP contribution in [-0.4, -0.2) is 19.4 Å². The van der Waals surface area contributed by atoms with E-state index in [-0.39, 0.29) is 0 Å². The van der Waals surface area contributed by atoms with Crippen molar-refractivity contribution in [1.82, 2.24) is 0 Å². The van der Waals surface area contributed by atoms with Crippen LogP contribution in [0.25, 0.3) is 0 Å². The first-order chi connectivity index (χ1) is 8.29. The normalized spacial score (nSPS) is 13.5. The summed E-state index contributed by atoms with van der Waals surface area (Å²) in [6, 6.07) is 5.43. The van der Waals surface area contributed by atoms with Crippen LogP contribution < -0.4 is 9.47 Å². The Morgan fingerprint density at radius 1 is 1.47 bits per heavy atom. The molecule has 17 heavy (non-hydrogen) atoms. The summed E-state index contributed by atoms with van der Waals surface area (Å²) >= 11 is 0. The third-order valence-electron chi connectivity index (χ3n) is 2.51. The Morgan fingerprint density at radius 3 is 3.18 bits per heavy atom. The molecule has 0 fully saturated rings. The lowest BCUT2D eigenvalue weighted by Crippen LogP contribution is -2.12. The average Bonchev–Trinajstić information content (AvgIpc) is 2.36. The Morgan fingerprint density at radius 2 is 2.35 bits per heavy atom. The summed E-state index contributed by atoms with van der Waals surface area (Å²) in [7, 11) is 0. The van der Waals surface area contributed by atoms with Gasteiger partial charge in [-0.3, -0.25) is 0 Å². The molecule has 0 bridgehead atoms. The molecular formula is C13H16O4. The van der Waals surface area contributed by atoms with Crippen LogP contribution >= 0.6 is 0 Å². The van der Waals surface area contributed by atoms with E-state index >= 15 is 0 Å². The highest BCUT2D eigenvalue weighted by Gasteiger charge is 2.13. The maximum Gasteiger partial charge on any atom is 0.513 e. The number of hydrogen-bond donors (Lipinski definition) is 0. The first-order valence-electron chi connectivity index (χ1n) is 5.90. The fourth-order valence-corrected chi connectivity index (χ4v) is 1.70. The van der Waals surface area contributed by atoms with Gasteiger partial charge in [-0.15, -0.1) is 0 Å². The van der Waals surface area contributed by atoms with Crippen molar-refractivity contribution in [1.29, 1.82) is 0 Å². The predicted octanol–water partition coefficient (Wildman–Crippen LogP) is 2.94. The van der Waals surface area contributed by atoms with Gasteiger partial charge in [0, 0.05) is 6.07 Å². The summed E-state index contributed by atoms with van der Waals surface area (Å²) in [5.74, 6) is 1.27. The van der Waals surface area contributed by atoms with Crippen molar-refractivity contribution < 1.29 is 19.0 Å². The summed E-state index contributed by atoms with van der Waals surface area (Å²) in [6.07, 6.45) is 2.16. The van der Waals surface area contributed by atoms with Crippen molar-refractivity contribution in [3.05, 3.63) is 23.8 Å². The molecule has 0 N–H and O–H groups in total. The van der Waals surface area contributed by atoms with Crippen LogP contribution in [0, 0.1) is 0 Å². The fraction of sp³-hybridized carbons (Fsp3) is 0.462. The number of fused-ring (bicyclic) bond motifs is 1. The maximum atomic E-state index is 11.3. The van der Waals surface area contributed by atoms with Gasteiger partial charge in [0.2, 0.25) is 0 Å². The molecule has 4 nitrogen and oxygen atoms in total. The van der Waals surface area contributed by atoms with Gasteiger partial charge in [-0.05, 0) is 30.9 Å². The second-order valence-corrected chi connectivity index (χ2v) is 3.92. The SMILES string of the molecule is CCCOC(=O)Oc1ccc2c(c1)OCCC2. The first kappa shape index (κ1) is 11.8. The molecule has 2 rings (SSSR count). The molecule has 4 heteroatoms. The summed E-state index contributed by atoms with van der Waals surface area (Å²) in [5.41, 5.74) is 1.16. The van der Waals surface area contributed by atoms with Gasteiger partial charge < -0.3 is 14.2 Å². The lowest BCUT2D eigenvalue weighted by atomic mass is 10.1. The molecule has 1 aliphatic heterocycles. The van der Waals surface area contributed by atoms with Crippen molar-refractivity contribution in [3.63, 3.8) is 0 Å². The van der Waals surface area contributed by atoms with Gasteiger partial charge in [0.15, 0.2) is 0 Å². The Labute approximate surface area is 100 Å². The molecule has 1 heterocycles. The molecule has 0 aromatic heterocycles. The summed E-state index contributed by atoms with van der Waals surface area (Å²) in [5, 5.41) is 0. The predicted molar refractivity (Wildman–Crippen MR) is 62.5 cm³/mol. The summed E-state index contributed by atoms with van der Waals surface area (Å²) in [4.78, 5) is 11.3. The smallest absolute Gasteiger partial charge is 0.493 e. The summed E-state index contributed by atoms with van der Waals surface area (Å²) in [6.45, 7) is 3.02.